The number of carbonyl (C=O) groups is 2. The smallest absolute Gasteiger partial charge is 0.308 e. The maximum Gasteiger partial charge on any atom is 0.308 e. The van der Waals surface area contributed by atoms with Gasteiger partial charge in [-0.25, -0.2) is 0 Å². The second-order valence-electron chi connectivity index (χ2n) is 4.38. The van der Waals surface area contributed by atoms with E-state index in [1.807, 2.05) is 0 Å². The van der Waals surface area contributed by atoms with Crippen LogP contribution in [0.5, 0.6) is 0 Å². The fourth-order valence-corrected chi connectivity index (χ4v) is 2.13. The minimum atomic E-state index is -0.876. The molecule has 1 amide bonds. The van der Waals surface area contributed by atoms with Crippen LogP contribution in [0.4, 0.5) is 0 Å². The molecule has 1 aliphatic heterocycles. The summed E-state index contributed by atoms with van der Waals surface area (Å²) in [7, 11) is 0. The summed E-state index contributed by atoms with van der Waals surface area (Å²) in [6.07, 6.45) is 3.77. The van der Waals surface area contributed by atoms with Crippen LogP contribution in [0.1, 0.15) is 23.2 Å². The predicted octanol–water partition coefficient (Wildman–Crippen LogP) is 0.257. The summed E-state index contributed by atoms with van der Waals surface area (Å²) in [6.45, 7) is 0.748. The number of carboxylic acid groups (broad SMARTS) is 1. The topological polar surface area (TPSA) is 84.5 Å². The molecule has 0 radical (unpaired) electrons. The molecule has 1 saturated heterocycles. The summed E-state index contributed by atoms with van der Waals surface area (Å²) in [6, 6.07) is 3.06. The Balaban J connectivity index is 2.11. The molecule has 6 nitrogen and oxygen atoms in total. The van der Waals surface area contributed by atoms with E-state index in [1.165, 1.54) is 23.4 Å². The Morgan fingerprint density at radius 3 is 2.94 bits per heavy atom. The van der Waals surface area contributed by atoms with Gasteiger partial charge in [-0.05, 0) is 18.9 Å². The molecule has 1 aromatic rings. The molecule has 1 fully saturated rings. The van der Waals surface area contributed by atoms with Crippen LogP contribution >= 0.6 is 0 Å². The number of piperidine rings is 1. The molecule has 6 heteroatoms. The van der Waals surface area contributed by atoms with Gasteiger partial charge in [0.15, 0.2) is 12.4 Å². The van der Waals surface area contributed by atoms with E-state index in [0.717, 1.165) is 0 Å². The van der Waals surface area contributed by atoms with E-state index < -0.39 is 11.9 Å². The molecule has 0 spiro atoms. The monoisotopic (exact) mass is 250 g/mol. The highest BCUT2D eigenvalue weighted by Crippen LogP contribution is 2.18. The van der Waals surface area contributed by atoms with Gasteiger partial charge in [-0.1, -0.05) is 0 Å². The van der Waals surface area contributed by atoms with E-state index in [2.05, 4.69) is 0 Å². The summed E-state index contributed by atoms with van der Waals surface area (Å²) in [5, 5.41) is 20.1. The first kappa shape index (κ1) is 12.3. The van der Waals surface area contributed by atoms with Crippen LogP contribution in [-0.4, -0.2) is 35.0 Å². The third-order valence-corrected chi connectivity index (χ3v) is 3.08. The van der Waals surface area contributed by atoms with E-state index in [0.29, 0.717) is 29.7 Å². The lowest BCUT2D eigenvalue weighted by atomic mass is 9.98. The van der Waals surface area contributed by atoms with Crippen LogP contribution in [0.25, 0.3) is 0 Å². The standard InChI is InChI=1S/C12H14N2O4/c15-11(9-3-2-6-14(18)8-9)13-5-1-4-10(7-13)12(16)17/h2-3,6,8,10H,1,4-5,7H2,(H,16,17). The second kappa shape index (κ2) is 5.03. The lowest BCUT2D eigenvalue weighted by Crippen LogP contribution is -2.43. The van der Waals surface area contributed by atoms with Gasteiger partial charge in [0, 0.05) is 19.2 Å². The maximum atomic E-state index is 12.1. The molecule has 0 bridgehead atoms. The number of aromatic nitrogens is 1. The minimum Gasteiger partial charge on any atom is -0.619 e. The molecule has 18 heavy (non-hydrogen) atoms. The minimum absolute atomic E-state index is 0.210. The number of hydrogen-bond acceptors (Lipinski definition) is 3. The van der Waals surface area contributed by atoms with Crippen molar-refractivity contribution in [3.63, 3.8) is 0 Å². The first-order chi connectivity index (χ1) is 8.58. The predicted molar refractivity (Wildman–Crippen MR) is 61.7 cm³/mol. The van der Waals surface area contributed by atoms with E-state index in [1.54, 1.807) is 6.07 Å². The lowest BCUT2D eigenvalue weighted by Gasteiger charge is -2.30. The Morgan fingerprint density at radius 2 is 2.28 bits per heavy atom. The van der Waals surface area contributed by atoms with E-state index >= 15 is 0 Å². The lowest BCUT2D eigenvalue weighted by molar-refractivity contribution is -0.605. The summed E-state index contributed by atoms with van der Waals surface area (Å²) >= 11 is 0. The number of carbonyl (C=O) groups excluding carboxylic acids is 1. The zero-order chi connectivity index (χ0) is 13.1. The van der Waals surface area contributed by atoms with Gasteiger partial charge in [0.05, 0.1) is 5.92 Å². The Bertz CT molecular complexity index is 475. The maximum absolute atomic E-state index is 12.1. The fourth-order valence-electron chi connectivity index (χ4n) is 2.13. The number of pyridine rings is 1. The first-order valence-corrected chi connectivity index (χ1v) is 5.79. The van der Waals surface area contributed by atoms with Crippen molar-refractivity contribution >= 4 is 11.9 Å². The van der Waals surface area contributed by atoms with Gasteiger partial charge < -0.3 is 15.2 Å². The van der Waals surface area contributed by atoms with Crippen molar-refractivity contribution in [2.45, 2.75) is 12.8 Å². The first-order valence-electron chi connectivity index (χ1n) is 5.79. The average Bonchev–Trinajstić information content (AvgIpc) is 2.38. The highest BCUT2D eigenvalue weighted by Gasteiger charge is 2.29. The second-order valence-corrected chi connectivity index (χ2v) is 4.38. The molecule has 0 aromatic carbocycles. The van der Waals surface area contributed by atoms with Crippen molar-refractivity contribution in [1.82, 2.24) is 4.90 Å². The van der Waals surface area contributed by atoms with Gasteiger partial charge in [0.1, 0.15) is 5.56 Å². The normalized spacial score (nSPS) is 19.6. The van der Waals surface area contributed by atoms with Crippen molar-refractivity contribution in [2.24, 2.45) is 5.92 Å². The number of carboxylic acids is 1. The SMILES string of the molecule is O=C(O)C1CCCN(C(=O)c2ccc[n+]([O-])c2)C1. The number of rotatable bonds is 2. The molecule has 1 N–H and O–H groups in total. The summed E-state index contributed by atoms with van der Waals surface area (Å²) in [4.78, 5) is 24.5. The van der Waals surface area contributed by atoms with Crippen molar-refractivity contribution in [3.05, 3.63) is 35.3 Å². The number of hydrogen-bond donors (Lipinski definition) is 1. The quantitative estimate of drug-likeness (QED) is 0.602. The fraction of sp³-hybridized carbons (Fsp3) is 0.417. The Labute approximate surface area is 104 Å². The molecule has 96 valence electrons. The zero-order valence-corrected chi connectivity index (χ0v) is 9.78. The van der Waals surface area contributed by atoms with Gasteiger partial charge in [-0.2, -0.15) is 4.73 Å². The Morgan fingerprint density at radius 1 is 1.50 bits per heavy atom. The van der Waals surface area contributed by atoms with E-state index in [9.17, 15) is 14.8 Å². The third kappa shape index (κ3) is 2.58. The van der Waals surface area contributed by atoms with Crippen LogP contribution in [0.3, 0.4) is 0 Å². The number of amides is 1. The van der Waals surface area contributed by atoms with Gasteiger partial charge >= 0.3 is 5.97 Å². The van der Waals surface area contributed by atoms with Gasteiger partial charge in [0.2, 0.25) is 0 Å². The molecule has 0 saturated carbocycles. The number of nitrogens with zero attached hydrogens (tertiary/aromatic N) is 2. The van der Waals surface area contributed by atoms with Crippen LogP contribution in [0, 0.1) is 11.1 Å². The molecule has 2 rings (SSSR count). The Kier molecular flexibility index (Phi) is 3.45. The van der Waals surface area contributed by atoms with Crippen LogP contribution < -0.4 is 4.73 Å². The van der Waals surface area contributed by atoms with Gasteiger partial charge in [0.25, 0.3) is 5.91 Å². The summed E-state index contributed by atoms with van der Waals surface area (Å²) in [5.41, 5.74) is 0.290. The van der Waals surface area contributed by atoms with Crippen LogP contribution in [-0.2, 0) is 4.79 Å². The Hall–Kier alpha value is -2.11. The average molecular weight is 250 g/mol. The molecule has 1 unspecified atom stereocenters. The molecule has 1 atom stereocenters. The van der Waals surface area contributed by atoms with Crippen LogP contribution in [0.15, 0.2) is 24.5 Å². The molecule has 0 aliphatic carbocycles. The van der Waals surface area contributed by atoms with Crippen LogP contribution in [0.2, 0.25) is 0 Å². The molecular formula is C12H14N2O4. The number of aliphatic carboxylic acids is 1. The molecule has 1 aromatic heterocycles. The molecule has 1 aliphatic rings. The third-order valence-electron chi connectivity index (χ3n) is 3.08. The van der Waals surface area contributed by atoms with Crippen molar-refractivity contribution in [1.29, 1.82) is 0 Å². The van der Waals surface area contributed by atoms with Gasteiger partial charge in [-0.15, -0.1) is 0 Å². The van der Waals surface area contributed by atoms with Gasteiger partial charge in [-0.3, -0.25) is 9.59 Å². The largest absolute Gasteiger partial charge is 0.619 e. The van der Waals surface area contributed by atoms with E-state index in [-0.39, 0.29) is 12.5 Å². The highest BCUT2D eigenvalue weighted by molar-refractivity contribution is 5.94. The molecular weight excluding hydrogens is 236 g/mol. The summed E-state index contributed by atoms with van der Waals surface area (Å²) < 4.78 is 0.561. The molecule has 2 heterocycles. The van der Waals surface area contributed by atoms with Crippen molar-refractivity contribution in [2.75, 3.05) is 13.1 Å². The van der Waals surface area contributed by atoms with Crippen molar-refractivity contribution < 1.29 is 19.4 Å². The highest BCUT2D eigenvalue weighted by atomic mass is 16.5. The van der Waals surface area contributed by atoms with Crippen molar-refractivity contribution in [3.8, 4) is 0 Å². The van der Waals surface area contributed by atoms with E-state index in [4.69, 9.17) is 5.11 Å². The zero-order valence-electron chi connectivity index (χ0n) is 9.78. The number of likely N-dealkylation sites (tertiary alicyclic amines) is 1. The summed E-state index contributed by atoms with van der Waals surface area (Å²) in [5.74, 6) is -1.67.